The maximum Gasteiger partial charge on any atom is 0.312 e. The van der Waals surface area contributed by atoms with Crippen molar-refractivity contribution in [3.05, 3.63) is 42.0 Å². The Morgan fingerprint density at radius 1 is 0.878 bits per heavy atom. The number of primary amides is 1. The molecule has 1 aliphatic rings. The lowest BCUT2D eigenvalue weighted by Crippen LogP contribution is -2.54. The maximum absolute atomic E-state index is 13.2. The zero-order valence-electron chi connectivity index (χ0n) is 23.6. The lowest BCUT2D eigenvalue weighted by atomic mass is 10.0. The van der Waals surface area contributed by atoms with Gasteiger partial charge in [-0.3, -0.25) is 28.9 Å². The Morgan fingerprint density at radius 2 is 1.54 bits per heavy atom. The second-order valence-corrected chi connectivity index (χ2v) is 10.1. The third-order valence-corrected chi connectivity index (χ3v) is 6.51. The minimum Gasteiger partial charge on any atom is -0.352 e. The van der Waals surface area contributed by atoms with E-state index in [4.69, 9.17) is 11.5 Å². The third kappa shape index (κ3) is 11.4. The van der Waals surface area contributed by atoms with Gasteiger partial charge in [-0.25, -0.2) is 4.79 Å². The first-order valence-corrected chi connectivity index (χ1v) is 13.8. The van der Waals surface area contributed by atoms with Gasteiger partial charge in [0, 0.05) is 43.9 Å². The Balaban J connectivity index is 1.92. The van der Waals surface area contributed by atoms with E-state index in [9.17, 15) is 28.8 Å². The van der Waals surface area contributed by atoms with Gasteiger partial charge in [-0.2, -0.15) is 0 Å². The van der Waals surface area contributed by atoms with Crippen LogP contribution < -0.4 is 32.7 Å². The van der Waals surface area contributed by atoms with Crippen molar-refractivity contribution in [2.24, 2.45) is 17.4 Å². The summed E-state index contributed by atoms with van der Waals surface area (Å²) in [5, 5.41) is 10.7. The van der Waals surface area contributed by atoms with Crippen LogP contribution in [-0.4, -0.2) is 65.6 Å². The number of unbranched alkanes of at least 4 members (excludes halogenated alkanes) is 2. The van der Waals surface area contributed by atoms with Gasteiger partial charge in [-0.15, -0.1) is 0 Å². The molecule has 0 aromatic heterocycles. The molecule has 1 aromatic rings. The van der Waals surface area contributed by atoms with E-state index in [2.05, 4.69) is 21.3 Å². The van der Waals surface area contributed by atoms with E-state index < -0.39 is 29.9 Å². The Bertz CT molecular complexity index is 1100. The molecule has 1 heterocycles. The van der Waals surface area contributed by atoms with Crippen LogP contribution in [0.2, 0.25) is 0 Å². The monoisotopic (exact) mass is 571 g/mol. The molecule has 13 nitrogen and oxygen atoms in total. The summed E-state index contributed by atoms with van der Waals surface area (Å²) in [7, 11) is 0. The van der Waals surface area contributed by atoms with Crippen molar-refractivity contribution >= 4 is 41.3 Å². The first-order chi connectivity index (χ1) is 19.5. The van der Waals surface area contributed by atoms with Gasteiger partial charge in [0.2, 0.25) is 17.7 Å². The number of benzene rings is 1. The van der Waals surface area contributed by atoms with E-state index in [0.717, 1.165) is 10.5 Å². The van der Waals surface area contributed by atoms with Gasteiger partial charge in [0.1, 0.15) is 12.1 Å². The summed E-state index contributed by atoms with van der Waals surface area (Å²) in [6.45, 7) is 4.45. The molecule has 8 N–H and O–H groups in total. The molecule has 0 unspecified atom stereocenters. The number of rotatable bonds is 17. The molecule has 0 saturated carbocycles. The number of hydrogen-bond donors (Lipinski definition) is 6. The zero-order chi connectivity index (χ0) is 30.4. The van der Waals surface area contributed by atoms with Crippen molar-refractivity contribution in [1.29, 1.82) is 0 Å². The summed E-state index contributed by atoms with van der Waals surface area (Å²) < 4.78 is 0. The zero-order valence-corrected chi connectivity index (χ0v) is 23.6. The first kappa shape index (κ1) is 32.9. The highest BCUT2D eigenvalue weighted by atomic mass is 16.2. The summed E-state index contributed by atoms with van der Waals surface area (Å²) >= 11 is 0. The van der Waals surface area contributed by atoms with Crippen LogP contribution in [0.4, 0.5) is 10.5 Å². The minimum atomic E-state index is -0.935. The second-order valence-electron chi connectivity index (χ2n) is 10.1. The molecule has 2 rings (SSSR count). The molecular formula is C28H41N7O6. The number of hydrogen-bond acceptors (Lipinski definition) is 7. The number of nitrogens with one attached hydrogen (secondary N) is 4. The highest BCUT2D eigenvalue weighted by Crippen LogP contribution is 2.12. The van der Waals surface area contributed by atoms with E-state index >= 15 is 0 Å². The van der Waals surface area contributed by atoms with E-state index in [0.29, 0.717) is 44.5 Å². The van der Waals surface area contributed by atoms with Crippen molar-refractivity contribution in [2.75, 3.05) is 18.4 Å². The smallest absolute Gasteiger partial charge is 0.312 e. The van der Waals surface area contributed by atoms with Crippen LogP contribution in [0.1, 0.15) is 57.9 Å². The average Bonchev–Trinajstić information content (AvgIpc) is 3.25. The number of carbonyl (C=O) groups excluding carboxylic acids is 6. The Labute approximate surface area is 239 Å². The summed E-state index contributed by atoms with van der Waals surface area (Å²) in [5.41, 5.74) is 12.2. The summed E-state index contributed by atoms with van der Waals surface area (Å²) in [6, 6.07) is 4.49. The molecule has 0 radical (unpaired) electrons. The van der Waals surface area contributed by atoms with Gasteiger partial charge >= 0.3 is 6.03 Å². The number of urea groups is 1. The van der Waals surface area contributed by atoms with Crippen LogP contribution in [-0.2, 0) is 30.5 Å². The molecule has 0 bridgehead atoms. The highest BCUT2D eigenvalue weighted by molar-refractivity contribution is 6.12. The highest BCUT2D eigenvalue weighted by Gasteiger charge is 2.29. The van der Waals surface area contributed by atoms with E-state index in [1.165, 1.54) is 12.2 Å². The van der Waals surface area contributed by atoms with E-state index in [1.807, 2.05) is 0 Å². The van der Waals surface area contributed by atoms with Gasteiger partial charge in [0.25, 0.3) is 11.8 Å². The standard InChI is InChI=1S/C28H41N7O6/c1-18(2)25(34-22(36)8-4-3-5-16-35-23(37)13-14-24(35)38)27(40)33-21(7-6-15-31-28(30)41)26(39)32-20-11-9-19(17-29)10-12-20/h9-14,18,21,25H,3-8,15-17,29H2,1-2H3,(H,32,39)(H,33,40)(H,34,36)(H3,30,31,41)/t21-,25-/m0/s1. The molecule has 0 fully saturated rings. The Kier molecular flexibility index (Phi) is 13.5. The molecule has 7 amide bonds. The number of imide groups is 1. The second kappa shape index (κ2) is 16.8. The Morgan fingerprint density at radius 3 is 2.12 bits per heavy atom. The number of nitrogens with zero attached hydrogens (tertiary/aromatic N) is 1. The normalized spacial score (nSPS) is 14.1. The molecule has 1 aromatic carbocycles. The maximum atomic E-state index is 13.2. The molecule has 41 heavy (non-hydrogen) atoms. The van der Waals surface area contributed by atoms with Crippen LogP contribution in [0.15, 0.2) is 36.4 Å². The van der Waals surface area contributed by atoms with Gasteiger partial charge in [-0.05, 0) is 49.3 Å². The van der Waals surface area contributed by atoms with Crippen LogP contribution in [0.25, 0.3) is 0 Å². The fraction of sp³-hybridized carbons (Fsp3) is 0.500. The number of anilines is 1. The van der Waals surface area contributed by atoms with Crippen molar-refractivity contribution in [3.63, 3.8) is 0 Å². The van der Waals surface area contributed by atoms with E-state index in [-0.39, 0.29) is 43.0 Å². The number of nitrogens with two attached hydrogens (primary N) is 2. The number of carbonyl (C=O) groups is 6. The van der Waals surface area contributed by atoms with E-state index in [1.54, 1.807) is 38.1 Å². The van der Waals surface area contributed by atoms with Crippen molar-refractivity contribution in [2.45, 2.75) is 71.0 Å². The molecular weight excluding hydrogens is 530 g/mol. The first-order valence-electron chi connectivity index (χ1n) is 13.8. The fourth-order valence-electron chi connectivity index (χ4n) is 4.17. The van der Waals surface area contributed by atoms with Crippen LogP contribution in [0, 0.1) is 5.92 Å². The SMILES string of the molecule is CC(C)[C@H](NC(=O)CCCCCN1C(=O)C=CC1=O)C(=O)N[C@@H](CCCNC(N)=O)C(=O)Nc1ccc(CN)cc1. The molecule has 2 atom stereocenters. The minimum absolute atomic E-state index is 0.165. The van der Waals surface area contributed by atoms with Crippen molar-refractivity contribution in [1.82, 2.24) is 20.9 Å². The topological polar surface area (TPSA) is 206 Å². The fourth-order valence-corrected chi connectivity index (χ4v) is 4.17. The average molecular weight is 572 g/mol. The largest absolute Gasteiger partial charge is 0.352 e. The summed E-state index contributed by atoms with van der Waals surface area (Å²) in [4.78, 5) is 74.3. The van der Waals surface area contributed by atoms with Gasteiger partial charge < -0.3 is 32.7 Å². The number of amides is 7. The molecule has 0 spiro atoms. The summed E-state index contributed by atoms with van der Waals surface area (Å²) in [5.74, 6) is -2.20. The third-order valence-electron chi connectivity index (χ3n) is 6.51. The van der Waals surface area contributed by atoms with Crippen LogP contribution >= 0.6 is 0 Å². The lowest BCUT2D eigenvalue weighted by Gasteiger charge is -2.25. The van der Waals surface area contributed by atoms with Crippen molar-refractivity contribution < 1.29 is 28.8 Å². The van der Waals surface area contributed by atoms with Crippen LogP contribution in [0.3, 0.4) is 0 Å². The predicted molar refractivity (Wildman–Crippen MR) is 153 cm³/mol. The Hall–Kier alpha value is -4.26. The quantitative estimate of drug-likeness (QED) is 0.116. The van der Waals surface area contributed by atoms with Gasteiger partial charge in [0.15, 0.2) is 0 Å². The van der Waals surface area contributed by atoms with Crippen LogP contribution in [0.5, 0.6) is 0 Å². The molecule has 0 aliphatic carbocycles. The van der Waals surface area contributed by atoms with Crippen molar-refractivity contribution in [3.8, 4) is 0 Å². The van der Waals surface area contributed by atoms with Gasteiger partial charge in [0.05, 0.1) is 0 Å². The molecule has 0 saturated heterocycles. The molecule has 1 aliphatic heterocycles. The van der Waals surface area contributed by atoms with Gasteiger partial charge in [-0.1, -0.05) is 32.4 Å². The predicted octanol–water partition coefficient (Wildman–Crippen LogP) is 0.643. The molecule has 224 valence electrons. The molecule has 13 heteroatoms. The lowest BCUT2D eigenvalue weighted by molar-refractivity contribution is -0.137. The summed E-state index contributed by atoms with van der Waals surface area (Å²) in [6.07, 6.45) is 4.93.